The zero-order chi connectivity index (χ0) is 20.8. The predicted molar refractivity (Wildman–Crippen MR) is 107 cm³/mol. The summed E-state index contributed by atoms with van der Waals surface area (Å²) < 4.78 is 41.3. The number of nitrogen functional groups attached to an aromatic ring is 1. The number of halogens is 3. The molecule has 4 rings (SSSR count). The molecule has 6 nitrogen and oxygen atoms in total. The number of hydrogen-bond donors (Lipinski definition) is 2. The van der Waals surface area contributed by atoms with Crippen molar-refractivity contribution in [2.75, 3.05) is 36.8 Å². The van der Waals surface area contributed by atoms with Gasteiger partial charge >= 0.3 is 6.18 Å². The van der Waals surface area contributed by atoms with E-state index in [9.17, 15) is 13.2 Å². The van der Waals surface area contributed by atoms with Gasteiger partial charge in [-0.3, -0.25) is 0 Å². The van der Waals surface area contributed by atoms with Gasteiger partial charge in [0.05, 0.1) is 16.8 Å². The van der Waals surface area contributed by atoms with Crippen LogP contribution in [0.1, 0.15) is 16.7 Å². The maximum atomic E-state index is 13.8. The molecule has 152 valence electrons. The largest absolute Gasteiger partial charge is 0.418 e. The quantitative estimate of drug-likeness (QED) is 0.685. The van der Waals surface area contributed by atoms with Crippen molar-refractivity contribution in [3.05, 3.63) is 41.2 Å². The van der Waals surface area contributed by atoms with Gasteiger partial charge in [-0.2, -0.15) is 13.2 Å². The third kappa shape index (κ3) is 3.57. The Morgan fingerprint density at radius 3 is 2.45 bits per heavy atom. The standard InChI is InChI=1S/C20H21F3N6/c1-11-7-14-15(26-10-27-19(14)29-5-3-25-4-6-29)9-13(11)18-17(20(21,22)23)12(2)8-16(24)28-18/h7-10,25H,3-6H2,1-2H3,(H2,24,28). The molecular weight excluding hydrogens is 381 g/mol. The molecule has 3 heterocycles. The molecule has 1 saturated heterocycles. The second-order valence-electron chi connectivity index (χ2n) is 7.20. The van der Waals surface area contributed by atoms with E-state index in [1.54, 1.807) is 13.0 Å². The molecule has 1 aromatic carbocycles. The van der Waals surface area contributed by atoms with Crippen LogP contribution in [0.5, 0.6) is 0 Å². The number of nitrogens with two attached hydrogens (primary N) is 1. The first-order valence-electron chi connectivity index (χ1n) is 9.31. The topological polar surface area (TPSA) is 80.0 Å². The van der Waals surface area contributed by atoms with Crippen molar-refractivity contribution in [1.82, 2.24) is 20.3 Å². The number of aryl methyl sites for hydroxylation is 2. The Morgan fingerprint density at radius 1 is 1.03 bits per heavy atom. The molecule has 0 aliphatic carbocycles. The molecule has 9 heteroatoms. The van der Waals surface area contributed by atoms with E-state index in [2.05, 4.69) is 25.2 Å². The summed E-state index contributed by atoms with van der Waals surface area (Å²) in [7, 11) is 0. The van der Waals surface area contributed by atoms with Gasteiger partial charge in [0.15, 0.2) is 0 Å². The van der Waals surface area contributed by atoms with Crippen molar-refractivity contribution in [3.63, 3.8) is 0 Å². The average Bonchev–Trinajstić information content (AvgIpc) is 2.66. The fourth-order valence-corrected chi connectivity index (χ4v) is 3.83. The highest BCUT2D eigenvalue weighted by Crippen LogP contribution is 2.41. The fourth-order valence-electron chi connectivity index (χ4n) is 3.83. The minimum Gasteiger partial charge on any atom is -0.384 e. The highest BCUT2D eigenvalue weighted by molar-refractivity contribution is 5.94. The highest BCUT2D eigenvalue weighted by Gasteiger charge is 2.37. The van der Waals surface area contributed by atoms with Crippen molar-refractivity contribution in [3.8, 4) is 11.3 Å². The van der Waals surface area contributed by atoms with E-state index < -0.39 is 11.7 Å². The lowest BCUT2D eigenvalue weighted by atomic mass is 9.96. The molecule has 3 aromatic rings. The average molecular weight is 402 g/mol. The van der Waals surface area contributed by atoms with Gasteiger partial charge in [0, 0.05) is 37.1 Å². The number of nitrogens with one attached hydrogen (secondary N) is 1. The summed E-state index contributed by atoms with van der Waals surface area (Å²) in [6, 6.07) is 4.73. The number of aromatic nitrogens is 3. The molecule has 0 radical (unpaired) electrons. The highest BCUT2D eigenvalue weighted by atomic mass is 19.4. The minimum absolute atomic E-state index is 0.0451. The third-order valence-corrected chi connectivity index (χ3v) is 5.15. The molecule has 0 atom stereocenters. The minimum atomic E-state index is -4.54. The monoisotopic (exact) mass is 402 g/mol. The van der Waals surface area contributed by atoms with Crippen LogP contribution in [0.4, 0.5) is 24.8 Å². The van der Waals surface area contributed by atoms with Crippen molar-refractivity contribution in [2.45, 2.75) is 20.0 Å². The first kappa shape index (κ1) is 19.4. The molecule has 29 heavy (non-hydrogen) atoms. The number of hydrogen-bond acceptors (Lipinski definition) is 6. The van der Waals surface area contributed by atoms with E-state index in [-0.39, 0.29) is 17.1 Å². The molecule has 0 bridgehead atoms. The smallest absolute Gasteiger partial charge is 0.384 e. The lowest BCUT2D eigenvalue weighted by molar-refractivity contribution is -0.137. The van der Waals surface area contributed by atoms with Crippen LogP contribution in [-0.2, 0) is 6.18 Å². The molecule has 0 amide bonds. The first-order chi connectivity index (χ1) is 13.8. The van der Waals surface area contributed by atoms with Crippen LogP contribution in [0.2, 0.25) is 0 Å². The molecule has 1 fully saturated rings. The zero-order valence-electron chi connectivity index (χ0n) is 16.1. The number of piperazine rings is 1. The van der Waals surface area contributed by atoms with E-state index in [1.165, 1.54) is 19.3 Å². The van der Waals surface area contributed by atoms with Gasteiger partial charge in [0.1, 0.15) is 18.0 Å². The Kier molecular flexibility index (Phi) is 4.77. The Morgan fingerprint density at radius 2 is 1.76 bits per heavy atom. The number of pyridine rings is 1. The van der Waals surface area contributed by atoms with Gasteiger partial charge in [-0.15, -0.1) is 0 Å². The molecule has 1 aliphatic heterocycles. The predicted octanol–water partition coefficient (Wildman–Crippen LogP) is 3.32. The van der Waals surface area contributed by atoms with Crippen molar-refractivity contribution >= 4 is 22.5 Å². The van der Waals surface area contributed by atoms with Crippen LogP contribution in [0.3, 0.4) is 0 Å². The molecule has 0 unspecified atom stereocenters. The second kappa shape index (κ2) is 7.14. The summed E-state index contributed by atoms with van der Waals surface area (Å²) >= 11 is 0. The molecule has 0 spiro atoms. The SMILES string of the molecule is Cc1cc2c(N3CCNCC3)ncnc2cc1-c1nc(N)cc(C)c1C(F)(F)F. The van der Waals surface area contributed by atoms with Gasteiger partial charge in [0.25, 0.3) is 0 Å². The summed E-state index contributed by atoms with van der Waals surface area (Å²) in [5.74, 6) is 0.841. The number of rotatable bonds is 2. The molecule has 3 N–H and O–H groups in total. The van der Waals surface area contributed by atoms with Gasteiger partial charge < -0.3 is 16.0 Å². The number of anilines is 2. The number of benzene rings is 1. The number of alkyl halides is 3. The van der Waals surface area contributed by atoms with Crippen molar-refractivity contribution in [2.24, 2.45) is 0 Å². The summed E-state index contributed by atoms with van der Waals surface area (Å²) in [5.41, 5.74) is 6.48. The van der Waals surface area contributed by atoms with Crippen LogP contribution in [0.25, 0.3) is 22.2 Å². The molecule has 0 saturated carbocycles. The van der Waals surface area contributed by atoms with E-state index in [1.807, 2.05) is 6.07 Å². The van der Waals surface area contributed by atoms with E-state index in [0.29, 0.717) is 16.6 Å². The molecule has 1 aliphatic rings. The Bertz CT molecular complexity index is 1070. The van der Waals surface area contributed by atoms with Crippen LogP contribution in [0, 0.1) is 13.8 Å². The van der Waals surface area contributed by atoms with Gasteiger partial charge in [-0.1, -0.05) is 0 Å². The third-order valence-electron chi connectivity index (χ3n) is 5.15. The van der Waals surface area contributed by atoms with Gasteiger partial charge in [-0.25, -0.2) is 15.0 Å². The van der Waals surface area contributed by atoms with Crippen molar-refractivity contribution in [1.29, 1.82) is 0 Å². The fraction of sp³-hybridized carbons (Fsp3) is 0.350. The van der Waals surface area contributed by atoms with E-state index in [0.717, 1.165) is 37.4 Å². The lowest BCUT2D eigenvalue weighted by Crippen LogP contribution is -2.44. The summed E-state index contributed by atoms with van der Waals surface area (Å²) in [6.07, 6.45) is -3.10. The molecule has 2 aromatic heterocycles. The number of nitrogens with zero attached hydrogens (tertiary/aromatic N) is 4. The molecular formula is C20H21F3N6. The van der Waals surface area contributed by atoms with Gasteiger partial charge in [-0.05, 0) is 43.2 Å². The van der Waals surface area contributed by atoms with Crippen LogP contribution < -0.4 is 16.0 Å². The van der Waals surface area contributed by atoms with Gasteiger partial charge in [0.2, 0.25) is 0 Å². The Balaban J connectivity index is 1.92. The van der Waals surface area contributed by atoms with Crippen molar-refractivity contribution < 1.29 is 13.2 Å². The van der Waals surface area contributed by atoms with Crippen LogP contribution >= 0.6 is 0 Å². The lowest BCUT2D eigenvalue weighted by Gasteiger charge is -2.29. The Labute approximate surface area is 166 Å². The maximum Gasteiger partial charge on any atom is 0.418 e. The second-order valence-corrected chi connectivity index (χ2v) is 7.20. The summed E-state index contributed by atoms with van der Waals surface area (Å²) in [4.78, 5) is 14.9. The normalized spacial score (nSPS) is 15.1. The van der Waals surface area contributed by atoms with Crippen LogP contribution in [-0.4, -0.2) is 41.1 Å². The van der Waals surface area contributed by atoms with E-state index in [4.69, 9.17) is 5.73 Å². The number of fused-ring (bicyclic) bond motifs is 1. The maximum absolute atomic E-state index is 13.8. The van der Waals surface area contributed by atoms with E-state index >= 15 is 0 Å². The summed E-state index contributed by atoms with van der Waals surface area (Å²) in [5, 5.41) is 4.10. The summed E-state index contributed by atoms with van der Waals surface area (Å²) in [6.45, 7) is 6.48. The van der Waals surface area contributed by atoms with Crippen LogP contribution in [0.15, 0.2) is 24.5 Å². The first-order valence-corrected chi connectivity index (χ1v) is 9.31. The zero-order valence-corrected chi connectivity index (χ0v) is 16.1. The Hall–Kier alpha value is -2.94.